The fourth-order valence-electron chi connectivity index (χ4n) is 3.47. The Balaban J connectivity index is 2.02. The summed E-state index contributed by atoms with van der Waals surface area (Å²) in [5.74, 6) is -0.468. The SMILES string of the molecule is CC(C)c1ccc2c(c1)cc(-c1ccccc1)n2-c1cccc(C(=O)O)c1. The topological polar surface area (TPSA) is 42.2 Å². The van der Waals surface area contributed by atoms with Gasteiger partial charge in [-0.2, -0.15) is 0 Å². The van der Waals surface area contributed by atoms with E-state index in [1.807, 2.05) is 24.3 Å². The maximum Gasteiger partial charge on any atom is 0.335 e. The molecule has 0 spiro atoms. The predicted octanol–water partition coefficient (Wildman–Crippen LogP) is 6.12. The second-order valence-electron chi connectivity index (χ2n) is 7.06. The van der Waals surface area contributed by atoms with Gasteiger partial charge in [-0.3, -0.25) is 0 Å². The molecule has 0 aliphatic heterocycles. The standard InChI is InChI=1S/C24H21NO2/c1-16(2)18-11-12-22-20(13-18)15-23(17-7-4-3-5-8-17)25(22)21-10-6-9-19(14-21)24(26)27/h3-16H,1-2H3,(H,26,27). The van der Waals surface area contributed by atoms with Gasteiger partial charge in [0.25, 0.3) is 0 Å². The Hall–Kier alpha value is -3.33. The molecule has 4 rings (SSSR count). The summed E-state index contributed by atoms with van der Waals surface area (Å²) in [5, 5.41) is 10.5. The number of hydrogen-bond donors (Lipinski definition) is 1. The molecule has 0 fully saturated rings. The number of aromatic nitrogens is 1. The van der Waals surface area contributed by atoms with Gasteiger partial charge >= 0.3 is 5.97 Å². The molecular weight excluding hydrogens is 334 g/mol. The van der Waals surface area contributed by atoms with E-state index in [2.05, 4.69) is 54.8 Å². The molecular formula is C24H21NO2. The Morgan fingerprint density at radius 1 is 0.889 bits per heavy atom. The Morgan fingerprint density at radius 3 is 2.37 bits per heavy atom. The molecule has 0 bridgehead atoms. The number of hydrogen-bond acceptors (Lipinski definition) is 1. The monoisotopic (exact) mass is 355 g/mol. The van der Waals surface area contributed by atoms with E-state index in [0.29, 0.717) is 5.92 Å². The van der Waals surface area contributed by atoms with Crippen LogP contribution in [0.5, 0.6) is 0 Å². The van der Waals surface area contributed by atoms with Gasteiger partial charge in [0.15, 0.2) is 0 Å². The van der Waals surface area contributed by atoms with Gasteiger partial charge in [0.05, 0.1) is 16.8 Å². The van der Waals surface area contributed by atoms with Crippen molar-refractivity contribution in [3.8, 4) is 16.9 Å². The molecule has 0 aliphatic rings. The molecule has 1 aromatic heterocycles. The summed E-state index contributed by atoms with van der Waals surface area (Å²) in [4.78, 5) is 11.5. The summed E-state index contributed by atoms with van der Waals surface area (Å²) >= 11 is 0. The number of rotatable bonds is 4. The summed E-state index contributed by atoms with van der Waals surface area (Å²) in [6.45, 7) is 4.37. The van der Waals surface area contributed by atoms with Crippen LogP contribution in [-0.4, -0.2) is 15.6 Å². The highest BCUT2D eigenvalue weighted by Gasteiger charge is 2.15. The summed E-state index contributed by atoms with van der Waals surface area (Å²) in [7, 11) is 0. The second kappa shape index (κ2) is 6.76. The highest BCUT2D eigenvalue weighted by molar-refractivity contribution is 5.91. The molecule has 1 N–H and O–H groups in total. The molecule has 0 saturated carbocycles. The van der Waals surface area contributed by atoms with Crippen molar-refractivity contribution in [1.29, 1.82) is 0 Å². The van der Waals surface area contributed by atoms with E-state index < -0.39 is 5.97 Å². The van der Waals surface area contributed by atoms with E-state index in [9.17, 15) is 9.90 Å². The largest absolute Gasteiger partial charge is 0.478 e. The Kier molecular flexibility index (Phi) is 4.28. The molecule has 0 radical (unpaired) electrons. The Labute approximate surface area is 158 Å². The molecule has 3 heteroatoms. The van der Waals surface area contributed by atoms with Gasteiger partial charge in [0.1, 0.15) is 0 Å². The number of fused-ring (bicyclic) bond motifs is 1. The molecule has 134 valence electrons. The quantitative estimate of drug-likeness (QED) is 0.479. The number of aromatic carboxylic acids is 1. The van der Waals surface area contributed by atoms with Gasteiger partial charge in [-0.05, 0) is 53.4 Å². The fourth-order valence-corrected chi connectivity index (χ4v) is 3.47. The van der Waals surface area contributed by atoms with Crippen molar-refractivity contribution in [3.05, 3.63) is 90.0 Å². The lowest BCUT2D eigenvalue weighted by atomic mass is 10.0. The number of carboxylic acid groups (broad SMARTS) is 1. The zero-order valence-electron chi connectivity index (χ0n) is 15.4. The second-order valence-corrected chi connectivity index (χ2v) is 7.06. The van der Waals surface area contributed by atoms with E-state index in [-0.39, 0.29) is 5.56 Å². The number of carboxylic acids is 1. The first-order valence-electron chi connectivity index (χ1n) is 9.09. The molecule has 3 aromatic carbocycles. The maximum absolute atomic E-state index is 11.5. The van der Waals surface area contributed by atoms with E-state index in [1.165, 1.54) is 5.56 Å². The summed E-state index contributed by atoms with van der Waals surface area (Å²) in [6, 6.07) is 26.0. The summed E-state index contributed by atoms with van der Waals surface area (Å²) in [5.41, 5.74) is 5.64. The molecule has 0 atom stereocenters. The van der Waals surface area contributed by atoms with Crippen LogP contribution in [0.25, 0.3) is 27.8 Å². The van der Waals surface area contributed by atoms with Crippen LogP contribution in [0, 0.1) is 0 Å². The Morgan fingerprint density at radius 2 is 1.67 bits per heavy atom. The van der Waals surface area contributed by atoms with Gasteiger partial charge in [-0.25, -0.2) is 4.79 Å². The van der Waals surface area contributed by atoms with Crippen molar-refractivity contribution in [2.75, 3.05) is 0 Å². The zero-order chi connectivity index (χ0) is 19.0. The van der Waals surface area contributed by atoms with Crippen molar-refractivity contribution in [3.63, 3.8) is 0 Å². The van der Waals surface area contributed by atoms with Crippen LogP contribution in [0.1, 0.15) is 35.7 Å². The third kappa shape index (κ3) is 3.13. The van der Waals surface area contributed by atoms with Crippen molar-refractivity contribution in [2.24, 2.45) is 0 Å². The Bertz CT molecular complexity index is 1120. The average Bonchev–Trinajstić information content (AvgIpc) is 3.07. The first kappa shape index (κ1) is 17.1. The minimum Gasteiger partial charge on any atom is -0.478 e. The summed E-state index contributed by atoms with van der Waals surface area (Å²) in [6.07, 6.45) is 0. The lowest BCUT2D eigenvalue weighted by Gasteiger charge is -2.12. The molecule has 0 amide bonds. The van der Waals surface area contributed by atoms with Crippen molar-refractivity contribution in [2.45, 2.75) is 19.8 Å². The minimum atomic E-state index is -0.920. The first-order valence-corrected chi connectivity index (χ1v) is 9.09. The van der Waals surface area contributed by atoms with Gasteiger partial charge in [0.2, 0.25) is 0 Å². The summed E-state index contributed by atoms with van der Waals surface area (Å²) < 4.78 is 2.14. The maximum atomic E-state index is 11.5. The number of nitrogens with zero attached hydrogens (tertiary/aromatic N) is 1. The van der Waals surface area contributed by atoms with Crippen molar-refractivity contribution < 1.29 is 9.90 Å². The lowest BCUT2D eigenvalue weighted by Crippen LogP contribution is -2.01. The average molecular weight is 355 g/mol. The van der Waals surface area contributed by atoms with E-state index >= 15 is 0 Å². The van der Waals surface area contributed by atoms with Crippen LogP contribution < -0.4 is 0 Å². The predicted molar refractivity (Wildman–Crippen MR) is 110 cm³/mol. The van der Waals surface area contributed by atoms with E-state index in [4.69, 9.17) is 0 Å². The van der Waals surface area contributed by atoms with Gasteiger partial charge in [-0.15, -0.1) is 0 Å². The van der Waals surface area contributed by atoms with Crippen molar-refractivity contribution in [1.82, 2.24) is 4.57 Å². The third-order valence-corrected chi connectivity index (χ3v) is 4.91. The lowest BCUT2D eigenvalue weighted by molar-refractivity contribution is 0.0697. The normalized spacial score (nSPS) is 11.2. The third-order valence-electron chi connectivity index (χ3n) is 4.91. The van der Waals surface area contributed by atoms with Crippen molar-refractivity contribution >= 4 is 16.9 Å². The van der Waals surface area contributed by atoms with Gasteiger partial charge < -0.3 is 9.67 Å². The van der Waals surface area contributed by atoms with Crippen LogP contribution in [0.2, 0.25) is 0 Å². The van der Waals surface area contributed by atoms with Crippen LogP contribution in [0.15, 0.2) is 78.9 Å². The zero-order valence-corrected chi connectivity index (χ0v) is 15.4. The van der Waals surface area contributed by atoms with Crippen LogP contribution in [0.4, 0.5) is 0 Å². The van der Waals surface area contributed by atoms with Gasteiger partial charge in [-0.1, -0.05) is 56.3 Å². The van der Waals surface area contributed by atoms with E-state index in [1.54, 1.807) is 18.2 Å². The number of benzene rings is 3. The van der Waals surface area contributed by atoms with Gasteiger partial charge in [0, 0.05) is 11.1 Å². The molecule has 3 nitrogen and oxygen atoms in total. The molecule has 0 aliphatic carbocycles. The van der Waals surface area contributed by atoms with Crippen LogP contribution in [0.3, 0.4) is 0 Å². The molecule has 1 heterocycles. The molecule has 27 heavy (non-hydrogen) atoms. The van der Waals surface area contributed by atoms with E-state index in [0.717, 1.165) is 27.8 Å². The molecule has 0 unspecified atom stereocenters. The minimum absolute atomic E-state index is 0.284. The van der Waals surface area contributed by atoms with Crippen LogP contribution in [-0.2, 0) is 0 Å². The van der Waals surface area contributed by atoms with Crippen LogP contribution >= 0.6 is 0 Å². The molecule has 0 saturated heterocycles. The smallest absolute Gasteiger partial charge is 0.335 e. The first-order chi connectivity index (χ1) is 13.0. The highest BCUT2D eigenvalue weighted by atomic mass is 16.4. The highest BCUT2D eigenvalue weighted by Crippen LogP contribution is 2.33. The molecule has 4 aromatic rings. The fraction of sp³-hybridized carbons (Fsp3) is 0.125. The number of carbonyl (C=O) groups is 1.